The first kappa shape index (κ1) is 56.7. The van der Waals surface area contributed by atoms with Crippen molar-refractivity contribution in [3.63, 3.8) is 0 Å². The van der Waals surface area contributed by atoms with Crippen molar-refractivity contribution in [2.75, 3.05) is 48.8 Å². The van der Waals surface area contributed by atoms with Gasteiger partial charge in [0.2, 0.25) is 0 Å². The Morgan fingerprint density at radius 2 is 1.59 bits per heavy atom. The van der Waals surface area contributed by atoms with Crippen molar-refractivity contribution in [3.8, 4) is 11.1 Å². The van der Waals surface area contributed by atoms with Crippen LogP contribution in [0, 0.1) is 23.2 Å². The molecular formula is C57H74N8O11S2. The van der Waals surface area contributed by atoms with Crippen molar-refractivity contribution in [3.05, 3.63) is 88.9 Å². The number of para-hydroxylation sites is 1. The van der Waals surface area contributed by atoms with Gasteiger partial charge in [-0.15, -0.1) is 0 Å². The molecule has 4 bridgehead atoms. The molecule has 420 valence electrons. The van der Waals surface area contributed by atoms with E-state index in [-0.39, 0.29) is 60.5 Å². The molecule has 5 aliphatic rings. The van der Waals surface area contributed by atoms with E-state index in [9.17, 15) is 37.3 Å². The summed E-state index contributed by atoms with van der Waals surface area (Å²) in [6.45, 7) is 19.0. The molecule has 78 heavy (non-hydrogen) atoms. The van der Waals surface area contributed by atoms with Crippen molar-refractivity contribution in [1.29, 1.82) is 0 Å². The number of carboxylic acids is 1. The number of pyridine rings is 1. The second-order valence-electron chi connectivity index (χ2n) is 25.2. The van der Waals surface area contributed by atoms with Gasteiger partial charge >= 0.3 is 18.0 Å². The van der Waals surface area contributed by atoms with Crippen molar-refractivity contribution >= 4 is 66.6 Å². The molecule has 3 atom stereocenters. The summed E-state index contributed by atoms with van der Waals surface area (Å²) >= 11 is 1.41. The standard InChI is InChI=1S/C57H74N8O11S2/c1-36-41(39-17-18-45(61-47(39)49(68)69)64-20-19-37-13-12-14-40(42(37)28-64)48(67)62-50-60-43-15-10-11-16-44(43)77-50)26-58-65(36)35-56-30-54(8)29-55(9,31-56)33-57(32-54,34-56)74-23-21-63(22-24-78(71,72)73)27-38(25-46(66)75-52(2,3)4)59-51(70)76-53(5,6)7/h10-18,26,38H,19-25,27-35H2,1-9H3,(H,59,70)(H,68,69)(H,60,62,67)(H,71,72,73)/t38-,54?,55?,56?,57?/m0/s1. The number of hydrogen-bond donors (Lipinski definition) is 4. The Kier molecular flexibility index (Phi) is 15.4. The minimum absolute atomic E-state index is 0.0416. The molecule has 0 saturated heterocycles. The molecule has 4 aliphatic carbocycles. The predicted molar refractivity (Wildman–Crippen MR) is 297 cm³/mol. The lowest BCUT2D eigenvalue weighted by molar-refractivity contribution is -0.248. The molecule has 4 fully saturated rings. The highest BCUT2D eigenvalue weighted by Crippen LogP contribution is 2.72. The number of benzene rings is 2. The largest absolute Gasteiger partial charge is 0.476 e. The number of carbonyl (C=O) groups excluding carboxylic acids is 3. The van der Waals surface area contributed by atoms with Gasteiger partial charge in [-0.25, -0.2) is 19.6 Å². The summed E-state index contributed by atoms with van der Waals surface area (Å²) in [6, 6.07) is 16.3. The Bertz CT molecular complexity index is 3150. The highest BCUT2D eigenvalue weighted by atomic mass is 32.2. The number of amides is 2. The number of hydrogen-bond acceptors (Lipinski definition) is 15. The van der Waals surface area contributed by atoms with E-state index in [0.29, 0.717) is 53.7 Å². The van der Waals surface area contributed by atoms with E-state index in [0.717, 1.165) is 65.6 Å². The zero-order chi connectivity index (χ0) is 56.2. The van der Waals surface area contributed by atoms with Gasteiger partial charge in [0.15, 0.2) is 10.8 Å². The van der Waals surface area contributed by atoms with Gasteiger partial charge in [-0.05, 0) is 151 Å². The minimum Gasteiger partial charge on any atom is -0.476 e. The van der Waals surface area contributed by atoms with Gasteiger partial charge in [-0.1, -0.05) is 49.4 Å². The van der Waals surface area contributed by atoms with Crippen LogP contribution in [0.3, 0.4) is 0 Å². The fraction of sp³-hybridized carbons (Fsp3) is 0.561. The van der Waals surface area contributed by atoms with Gasteiger partial charge in [-0.3, -0.25) is 29.0 Å². The monoisotopic (exact) mass is 1110 g/mol. The molecule has 3 aromatic heterocycles. The van der Waals surface area contributed by atoms with Gasteiger partial charge in [0.05, 0.1) is 46.8 Å². The molecule has 4 heterocycles. The number of nitrogens with one attached hydrogen (secondary N) is 2. The van der Waals surface area contributed by atoms with Crippen molar-refractivity contribution in [1.82, 2.24) is 30.0 Å². The van der Waals surface area contributed by atoms with Gasteiger partial charge in [0.25, 0.3) is 16.0 Å². The van der Waals surface area contributed by atoms with E-state index in [1.807, 2.05) is 65.0 Å². The molecule has 19 nitrogen and oxygen atoms in total. The lowest BCUT2D eigenvalue weighted by atomic mass is 9.39. The van der Waals surface area contributed by atoms with Crippen LogP contribution in [-0.2, 0) is 48.6 Å². The topological polar surface area (TPSA) is 245 Å². The predicted octanol–water partition coefficient (Wildman–Crippen LogP) is 9.33. The zero-order valence-electron chi connectivity index (χ0n) is 46.2. The lowest BCUT2D eigenvalue weighted by Gasteiger charge is -2.69. The van der Waals surface area contributed by atoms with Crippen LogP contribution in [0.5, 0.6) is 0 Å². The van der Waals surface area contributed by atoms with Crippen LogP contribution in [-0.4, -0.2) is 128 Å². The SMILES string of the molecule is Cc1c(-c2ccc(N3CCc4cccc(C(=O)Nc5nc6ccccc6s5)c4C3)nc2C(=O)O)cnn1CC12CC3(C)CC(C)(C1)CC(OCCN(CCS(=O)(=O)O)C[C@H](CC(=O)OC(C)(C)C)NC(=O)OC(C)(C)C)(C3)C2. The fourth-order valence-electron chi connectivity index (χ4n) is 13.9. The van der Waals surface area contributed by atoms with E-state index in [1.165, 1.54) is 11.3 Å². The number of nitrogens with zero attached hydrogens (tertiary/aromatic N) is 6. The third-order valence-corrected chi connectivity index (χ3v) is 17.1. The second-order valence-corrected chi connectivity index (χ2v) is 27.8. The Hall–Kier alpha value is -6.00. The van der Waals surface area contributed by atoms with Crippen molar-refractivity contribution in [2.45, 2.75) is 150 Å². The zero-order valence-corrected chi connectivity index (χ0v) is 47.9. The van der Waals surface area contributed by atoms with Crippen LogP contribution in [0.4, 0.5) is 15.7 Å². The number of fused-ring (bicyclic) bond motifs is 2. The number of carboxylic acid groups (broad SMARTS) is 1. The third-order valence-electron chi connectivity index (χ3n) is 15.5. The molecule has 2 amide bonds. The maximum atomic E-state index is 13.8. The van der Waals surface area contributed by atoms with Crippen LogP contribution in [0.25, 0.3) is 21.3 Å². The number of aromatic nitrogens is 4. The average molecular weight is 1110 g/mol. The van der Waals surface area contributed by atoms with E-state index in [2.05, 4.69) is 29.5 Å². The fourth-order valence-corrected chi connectivity index (χ4v) is 15.2. The molecule has 4 N–H and O–H groups in total. The molecule has 2 aromatic carbocycles. The van der Waals surface area contributed by atoms with Gasteiger partial charge in [0, 0.05) is 61.7 Å². The van der Waals surface area contributed by atoms with Crippen molar-refractivity contribution in [2.24, 2.45) is 16.2 Å². The van der Waals surface area contributed by atoms with Crippen LogP contribution in [0.2, 0.25) is 0 Å². The summed E-state index contributed by atoms with van der Waals surface area (Å²) in [5.74, 6) is -2.04. The number of aromatic carboxylic acids is 1. The first-order valence-electron chi connectivity index (χ1n) is 26.8. The first-order valence-corrected chi connectivity index (χ1v) is 29.2. The molecule has 2 unspecified atom stereocenters. The Morgan fingerprint density at radius 1 is 0.872 bits per heavy atom. The highest BCUT2D eigenvalue weighted by molar-refractivity contribution is 7.85. The summed E-state index contributed by atoms with van der Waals surface area (Å²) in [4.78, 5) is 66.2. The number of thiazole rings is 1. The lowest BCUT2D eigenvalue weighted by Crippen LogP contribution is -2.64. The Labute approximate surface area is 460 Å². The van der Waals surface area contributed by atoms with Crippen LogP contribution in [0.15, 0.2) is 60.8 Å². The summed E-state index contributed by atoms with van der Waals surface area (Å²) in [5.41, 5.74) is 2.72. The quantitative estimate of drug-likeness (QED) is 0.0444. The second kappa shape index (κ2) is 21.2. The van der Waals surface area contributed by atoms with Gasteiger partial charge < -0.3 is 29.5 Å². The number of ether oxygens (including phenoxy) is 3. The molecule has 5 aromatic rings. The molecule has 4 saturated carbocycles. The summed E-state index contributed by atoms with van der Waals surface area (Å²) in [7, 11) is -4.36. The normalized spacial score (nSPS) is 23.3. The number of carbonyl (C=O) groups is 4. The molecule has 21 heteroatoms. The van der Waals surface area contributed by atoms with E-state index in [4.69, 9.17) is 24.3 Å². The summed E-state index contributed by atoms with van der Waals surface area (Å²) in [5, 5.41) is 21.9. The molecule has 10 rings (SSSR count). The third kappa shape index (κ3) is 13.4. The molecular weight excluding hydrogens is 1040 g/mol. The maximum absolute atomic E-state index is 13.8. The summed E-state index contributed by atoms with van der Waals surface area (Å²) < 4.78 is 55.1. The Balaban J connectivity index is 0.906. The average Bonchev–Trinajstić information content (AvgIpc) is 2.89. The smallest absolute Gasteiger partial charge is 0.407 e. The van der Waals surface area contributed by atoms with Crippen LogP contribution >= 0.6 is 11.3 Å². The molecule has 0 radical (unpaired) electrons. The van der Waals surface area contributed by atoms with E-state index in [1.54, 1.807) is 58.7 Å². The van der Waals surface area contributed by atoms with Gasteiger partial charge in [-0.2, -0.15) is 13.5 Å². The van der Waals surface area contributed by atoms with E-state index >= 15 is 0 Å². The van der Waals surface area contributed by atoms with Crippen molar-refractivity contribution < 1.29 is 51.5 Å². The highest BCUT2D eigenvalue weighted by Gasteiger charge is 2.66. The van der Waals surface area contributed by atoms with Gasteiger partial charge in [0.1, 0.15) is 17.0 Å². The number of alkyl carbamates (subject to hydrolysis) is 1. The number of rotatable bonds is 19. The maximum Gasteiger partial charge on any atom is 0.407 e. The first-order chi connectivity index (χ1) is 36.5. The van der Waals surface area contributed by atoms with Crippen LogP contribution < -0.4 is 15.5 Å². The molecule has 0 spiro atoms. The summed E-state index contributed by atoms with van der Waals surface area (Å²) in [6.07, 6.45) is 6.83. The van der Waals surface area contributed by atoms with Crippen LogP contribution in [0.1, 0.15) is 138 Å². The van der Waals surface area contributed by atoms with E-state index < -0.39 is 56.7 Å². The Morgan fingerprint density at radius 3 is 2.27 bits per heavy atom. The number of anilines is 2. The number of esters is 1. The minimum atomic E-state index is -4.36. The molecule has 1 aliphatic heterocycles.